The summed E-state index contributed by atoms with van der Waals surface area (Å²) in [6.07, 6.45) is 11.3. The molecule has 1 amide bonds. The van der Waals surface area contributed by atoms with Crippen LogP contribution < -0.4 is 10.6 Å². The van der Waals surface area contributed by atoms with Gasteiger partial charge in [-0.25, -0.2) is 0 Å². The minimum absolute atomic E-state index is 0.00932. The summed E-state index contributed by atoms with van der Waals surface area (Å²) < 4.78 is 0. The third-order valence-corrected chi connectivity index (χ3v) is 12.3. The van der Waals surface area contributed by atoms with Gasteiger partial charge < -0.3 is 10.6 Å². The highest BCUT2D eigenvalue weighted by atomic mass is 16.1. The summed E-state index contributed by atoms with van der Waals surface area (Å²) in [6.45, 7) is 0. The Bertz CT molecular complexity index is 1420. The van der Waals surface area contributed by atoms with Crippen molar-refractivity contribution >= 4 is 17.3 Å². The van der Waals surface area contributed by atoms with Crippen LogP contribution in [0.25, 0.3) is 0 Å². The number of rotatable bonds is 4. The largest absolute Gasteiger partial charge is 0.378 e. The van der Waals surface area contributed by atoms with Crippen molar-refractivity contribution in [1.29, 1.82) is 0 Å². The first-order valence-corrected chi connectivity index (χ1v) is 16.0. The molecule has 6 aliphatic carbocycles. The summed E-state index contributed by atoms with van der Waals surface area (Å²) in [7, 11) is 0. The van der Waals surface area contributed by atoms with Gasteiger partial charge in [-0.1, -0.05) is 42.5 Å². The molecule has 40 heavy (non-hydrogen) atoms. The van der Waals surface area contributed by atoms with Crippen molar-refractivity contribution in [2.75, 3.05) is 10.6 Å². The van der Waals surface area contributed by atoms with Crippen LogP contribution >= 0.6 is 0 Å². The first-order valence-electron chi connectivity index (χ1n) is 16.0. The van der Waals surface area contributed by atoms with Crippen molar-refractivity contribution in [3.63, 3.8) is 0 Å². The van der Waals surface area contributed by atoms with Crippen LogP contribution in [0.15, 0.2) is 72.8 Å². The lowest BCUT2D eigenvalue weighted by atomic mass is 9.51. The highest BCUT2D eigenvalue weighted by Crippen LogP contribution is 2.64. The Hall–Kier alpha value is -3.07. The second-order valence-electron chi connectivity index (χ2n) is 14.3. The van der Waals surface area contributed by atoms with Gasteiger partial charge in [0, 0.05) is 16.9 Å². The lowest BCUT2D eigenvalue weighted by Gasteiger charge is -2.54. The predicted molar refractivity (Wildman–Crippen MR) is 160 cm³/mol. The maximum Gasteiger partial charge on any atom is 0.255 e. The van der Waals surface area contributed by atoms with E-state index in [1.807, 2.05) is 6.07 Å². The van der Waals surface area contributed by atoms with Crippen LogP contribution in [0, 0.1) is 41.4 Å². The number of fused-ring (bicyclic) bond motifs is 7. The molecule has 0 unspecified atom stereocenters. The predicted octanol–water partition coefficient (Wildman–Crippen LogP) is 8.78. The Morgan fingerprint density at radius 1 is 0.675 bits per heavy atom. The molecular weight excluding hydrogens is 488 g/mol. The van der Waals surface area contributed by atoms with Crippen LogP contribution in [0.2, 0.25) is 0 Å². The van der Waals surface area contributed by atoms with Gasteiger partial charge in [-0.15, -0.1) is 0 Å². The zero-order valence-electron chi connectivity index (χ0n) is 23.3. The molecule has 6 fully saturated rings. The molecule has 6 saturated carbocycles. The zero-order valence-corrected chi connectivity index (χ0v) is 23.3. The molecule has 2 N–H and O–H groups in total. The fourth-order valence-corrected chi connectivity index (χ4v) is 11.1. The standard InChI is InChI=1S/C37H40N2O/c40-37(38-30-11-8-23(9-12-30)33-28-15-21-14-22(17-28)18-29(33)16-21)27-10-13-32-31(20-27)34-25-6-7-26(19-25)35(34)36(39-32)24-4-2-1-3-5-24/h1-5,8-13,20-22,25-26,28-29,33-36,39H,6-7,14-19H2,(H,38,40)/t21?,22?,25-,26-,28?,29?,33?,34-,35+,36-/m0/s1. The summed E-state index contributed by atoms with van der Waals surface area (Å²) in [5.41, 5.74) is 7.19. The number of hydrogen-bond donors (Lipinski definition) is 2. The number of carbonyl (C=O) groups is 1. The number of anilines is 2. The molecule has 7 aliphatic rings. The molecule has 3 nitrogen and oxygen atoms in total. The highest BCUT2D eigenvalue weighted by Gasteiger charge is 2.54. The van der Waals surface area contributed by atoms with Crippen molar-refractivity contribution in [1.82, 2.24) is 0 Å². The molecule has 5 atom stereocenters. The zero-order chi connectivity index (χ0) is 26.4. The Kier molecular flexibility index (Phi) is 5.29. The normalized spacial score (nSPS) is 38.0. The van der Waals surface area contributed by atoms with E-state index in [-0.39, 0.29) is 5.91 Å². The number of amides is 1. The first-order chi connectivity index (χ1) is 19.7. The van der Waals surface area contributed by atoms with E-state index in [0.29, 0.717) is 17.9 Å². The van der Waals surface area contributed by atoms with Gasteiger partial charge in [-0.2, -0.15) is 0 Å². The van der Waals surface area contributed by atoms with Crippen molar-refractivity contribution in [2.24, 2.45) is 41.4 Å². The van der Waals surface area contributed by atoms with Gasteiger partial charge in [0.05, 0.1) is 6.04 Å². The van der Waals surface area contributed by atoms with E-state index in [1.165, 1.54) is 73.7 Å². The molecule has 1 heterocycles. The topological polar surface area (TPSA) is 41.1 Å². The molecule has 10 rings (SSSR count). The second-order valence-corrected chi connectivity index (χ2v) is 14.3. The Balaban J connectivity index is 0.956. The number of carbonyl (C=O) groups excluding carboxylic acids is 1. The van der Waals surface area contributed by atoms with E-state index in [4.69, 9.17) is 0 Å². The second kappa shape index (κ2) is 8.96. The van der Waals surface area contributed by atoms with Crippen LogP contribution in [0.3, 0.4) is 0 Å². The van der Waals surface area contributed by atoms with Gasteiger partial charge >= 0.3 is 0 Å². The van der Waals surface area contributed by atoms with Crippen LogP contribution in [-0.2, 0) is 0 Å². The van der Waals surface area contributed by atoms with Crippen molar-refractivity contribution in [3.05, 3.63) is 95.1 Å². The summed E-state index contributed by atoms with van der Waals surface area (Å²) >= 11 is 0. The third kappa shape index (κ3) is 3.65. The molecule has 1 aliphatic heterocycles. The minimum Gasteiger partial charge on any atom is -0.378 e. The summed E-state index contributed by atoms with van der Waals surface area (Å²) in [4.78, 5) is 13.5. The lowest BCUT2D eigenvalue weighted by molar-refractivity contribution is -0.00277. The van der Waals surface area contributed by atoms with Crippen LogP contribution in [0.1, 0.15) is 96.3 Å². The third-order valence-electron chi connectivity index (χ3n) is 12.3. The fraction of sp³-hybridized carbons (Fsp3) is 0.486. The molecular formula is C37H40N2O. The maximum absolute atomic E-state index is 13.5. The van der Waals surface area contributed by atoms with Gasteiger partial charge in [0.1, 0.15) is 0 Å². The van der Waals surface area contributed by atoms with E-state index >= 15 is 0 Å². The van der Waals surface area contributed by atoms with Crippen LogP contribution in [0.4, 0.5) is 11.4 Å². The average Bonchev–Trinajstić information content (AvgIpc) is 3.60. The van der Waals surface area contributed by atoms with E-state index in [0.717, 1.165) is 52.7 Å². The van der Waals surface area contributed by atoms with Crippen molar-refractivity contribution in [3.8, 4) is 0 Å². The van der Waals surface area contributed by atoms with Gasteiger partial charge in [-0.05, 0) is 152 Å². The maximum atomic E-state index is 13.5. The van der Waals surface area contributed by atoms with Gasteiger partial charge in [0.25, 0.3) is 5.91 Å². The summed E-state index contributed by atoms with van der Waals surface area (Å²) in [5, 5.41) is 7.14. The SMILES string of the molecule is O=C(Nc1ccc(C2C3CC4CC(C3)CC2C4)cc1)c1ccc2c(c1)[C@@H]1[C@H]3CC[C@@H](C3)[C@H]1[C@H](c1ccccc1)N2. The Morgan fingerprint density at radius 3 is 2.15 bits per heavy atom. The Morgan fingerprint density at radius 2 is 1.40 bits per heavy atom. The van der Waals surface area contributed by atoms with Crippen molar-refractivity contribution < 1.29 is 4.79 Å². The molecule has 0 radical (unpaired) electrons. The van der Waals surface area contributed by atoms with Crippen LogP contribution in [0.5, 0.6) is 0 Å². The molecule has 3 aromatic carbocycles. The molecule has 3 aromatic rings. The van der Waals surface area contributed by atoms with Gasteiger partial charge in [0.15, 0.2) is 0 Å². The number of hydrogen-bond acceptors (Lipinski definition) is 2. The molecule has 6 bridgehead atoms. The van der Waals surface area contributed by atoms with Crippen molar-refractivity contribution in [2.45, 2.75) is 69.2 Å². The first kappa shape index (κ1) is 23.6. The number of benzene rings is 3. The van der Waals surface area contributed by atoms with E-state index in [1.54, 1.807) is 0 Å². The van der Waals surface area contributed by atoms with Crippen LogP contribution in [-0.4, -0.2) is 5.91 Å². The quantitative estimate of drug-likeness (QED) is 0.355. The lowest BCUT2D eigenvalue weighted by Crippen LogP contribution is -2.43. The minimum atomic E-state index is 0.00932. The average molecular weight is 529 g/mol. The summed E-state index contributed by atoms with van der Waals surface area (Å²) in [6, 6.07) is 26.7. The van der Waals surface area contributed by atoms with Gasteiger partial charge in [0.2, 0.25) is 0 Å². The Labute approximate surface area is 238 Å². The van der Waals surface area contributed by atoms with E-state index in [2.05, 4.69) is 77.4 Å². The summed E-state index contributed by atoms with van der Waals surface area (Å²) in [5.74, 6) is 7.22. The van der Waals surface area contributed by atoms with Gasteiger partial charge in [-0.3, -0.25) is 4.79 Å². The van der Waals surface area contributed by atoms with E-state index in [9.17, 15) is 4.79 Å². The molecule has 0 aromatic heterocycles. The monoisotopic (exact) mass is 528 g/mol. The number of nitrogens with one attached hydrogen (secondary N) is 2. The molecule has 204 valence electrons. The molecule has 0 saturated heterocycles. The fourth-order valence-electron chi connectivity index (χ4n) is 11.1. The molecule has 3 heteroatoms. The highest BCUT2D eigenvalue weighted by molar-refractivity contribution is 6.04. The van der Waals surface area contributed by atoms with E-state index < -0.39 is 0 Å². The smallest absolute Gasteiger partial charge is 0.255 e. The molecule has 0 spiro atoms.